The molecule has 190 valence electrons. The van der Waals surface area contributed by atoms with Crippen LogP contribution >= 0.6 is 0 Å². The maximum atomic E-state index is 13.7. The lowest BCUT2D eigenvalue weighted by Crippen LogP contribution is -2.53. The van der Waals surface area contributed by atoms with Gasteiger partial charge in [0.25, 0.3) is 0 Å². The lowest BCUT2D eigenvalue weighted by atomic mass is 9.60. The highest BCUT2D eigenvalue weighted by molar-refractivity contribution is 7.86. The summed E-state index contributed by atoms with van der Waals surface area (Å²) in [5.41, 5.74) is -1.80. The highest BCUT2D eigenvalue weighted by Gasteiger charge is 2.66. The quantitative estimate of drug-likeness (QED) is 0.347. The number of fused-ring (bicyclic) bond motifs is 2. The third kappa shape index (κ3) is 4.31. The van der Waals surface area contributed by atoms with Gasteiger partial charge < -0.3 is 14.9 Å². The van der Waals surface area contributed by atoms with Crippen LogP contribution < -0.4 is 0 Å². The average Bonchev–Trinajstić information content (AvgIpc) is 3.50. The third-order valence-electron chi connectivity index (χ3n) is 8.81. The molecule has 4 rings (SSSR count). The fourth-order valence-electron chi connectivity index (χ4n) is 7.48. The number of hydrogen-bond donors (Lipinski definition) is 3. The van der Waals surface area contributed by atoms with Gasteiger partial charge in [0.2, 0.25) is 0 Å². The fraction of sp³-hybridized carbons (Fsp3) is 0.955. The highest BCUT2D eigenvalue weighted by atomic mass is 32.2. The van der Waals surface area contributed by atoms with E-state index in [0.29, 0.717) is 38.5 Å². The number of hydrogen-bond acceptors (Lipinski definition) is 6. The zero-order valence-corrected chi connectivity index (χ0v) is 19.3. The van der Waals surface area contributed by atoms with Gasteiger partial charge in [0, 0.05) is 6.42 Å². The van der Waals surface area contributed by atoms with Crippen LogP contribution in [-0.4, -0.2) is 58.4 Å². The molecule has 0 amide bonds. The monoisotopic (exact) mass is 498 g/mol. The predicted molar refractivity (Wildman–Crippen MR) is 110 cm³/mol. The largest absolute Gasteiger partial charge is 0.465 e. The predicted octanol–water partition coefficient (Wildman–Crippen LogP) is 3.24. The molecule has 0 aromatic heterocycles. The number of carbonyl (C=O) groups excluding carboxylic acids is 1. The zero-order chi connectivity index (χ0) is 24.2. The Morgan fingerprint density at radius 3 is 2.03 bits per heavy atom. The molecule has 6 unspecified atom stereocenters. The van der Waals surface area contributed by atoms with Crippen molar-refractivity contribution in [3.8, 4) is 0 Å². The Hall–Kier alpha value is -0.910. The summed E-state index contributed by atoms with van der Waals surface area (Å²) in [6.45, 7) is -0.749. The lowest BCUT2D eigenvalue weighted by Gasteiger charge is -2.48. The van der Waals surface area contributed by atoms with Gasteiger partial charge in [-0.2, -0.15) is 17.2 Å². The van der Waals surface area contributed by atoms with Crippen molar-refractivity contribution in [2.75, 3.05) is 6.61 Å². The molecule has 3 N–H and O–H groups in total. The Morgan fingerprint density at radius 2 is 1.52 bits per heavy atom. The van der Waals surface area contributed by atoms with Crippen molar-refractivity contribution >= 4 is 16.1 Å². The summed E-state index contributed by atoms with van der Waals surface area (Å²) >= 11 is 0. The molecule has 0 aliphatic heterocycles. The normalized spacial score (nSPS) is 36.2. The van der Waals surface area contributed by atoms with Crippen molar-refractivity contribution in [1.82, 2.24) is 0 Å². The second-order valence-corrected chi connectivity index (χ2v) is 12.1. The van der Waals surface area contributed by atoms with E-state index in [1.54, 1.807) is 0 Å². The van der Waals surface area contributed by atoms with E-state index in [-0.39, 0.29) is 23.7 Å². The van der Waals surface area contributed by atoms with Crippen LogP contribution in [0.5, 0.6) is 0 Å². The van der Waals surface area contributed by atoms with Crippen LogP contribution in [0.15, 0.2) is 0 Å². The van der Waals surface area contributed by atoms with E-state index in [1.807, 2.05) is 0 Å². The first-order chi connectivity index (χ1) is 15.3. The maximum absolute atomic E-state index is 13.7. The standard InChI is InChI=1S/C22H33F3O7S/c23-16(22(24,25)33(29,30)31)5-10-32-19(26)15-12-13-11-14(15)18(21(28)8-3-4-9-21)17(13)20(27)6-1-2-7-20/h13-18,27-28H,1-12H2,(H,29,30,31). The van der Waals surface area contributed by atoms with Crippen LogP contribution in [0.4, 0.5) is 13.2 Å². The topological polar surface area (TPSA) is 121 Å². The molecule has 0 radical (unpaired) electrons. The van der Waals surface area contributed by atoms with Gasteiger partial charge in [-0.15, -0.1) is 0 Å². The first-order valence-corrected chi connectivity index (χ1v) is 13.3. The maximum Gasteiger partial charge on any atom is 0.400 e. The minimum atomic E-state index is -5.92. The number of esters is 1. The lowest BCUT2D eigenvalue weighted by molar-refractivity contribution is -0.164. The number of aliphatic hydroxyl groups is 2. The van der Waals surface area contributed by atoms with E-state index in [2.05, 4.69) is 0 Å². The molecule has 4 saturated carbocycles. The first-order valence-electron chi connectivity index (χ1n) is 11.9. The molecular weight excluding hydrogens is 465 g/mol. The number of rotatable bonds is 8. The first kappa shape index (κ1) is 25.2. The molecule has 0 spiro atoms. The van der Waals surface area contributed by atoms with Gasteiger partial charge in [-0.25, -0.2) is 4.39 Å². The molecule has 6 atom stereocenters. The molecular formula is C22H33F3O7S. The highest BCUT2D eigenvalue weighted by Crippen LogP contribution is 2.65. The van der Waals surface area contributed by atoms with Gasteiger partial charge >= 0.3 is 21.3 Å². The molecule has 0 aromatic rings. The second kappa shape index (κ2) is 8.64. The van der Waals surface area contributed by atoms with Crippen LogP contribution in [-0.2, 0) is 19.6 Å². The van der Waals surface area contributed by atoms with E-state index >= 15 is 0 Å². The summed E-state index contributed by atoms with van der Waals surface area (Å²) in [5.74, 6) is -1.76. The average molecular weight is 499 g/mol. The van der Waals surface area contributed by atoms with E-state index < -0.39 is 57.7 Å². The van der Waals surface area contributed by atoms with Gasteiger partial charge in [0.1, 0.15) is 0 Å². The van der Waals surface area contributed by atoms with Crippen LogP contribution in [0.25, 0.3) is 0 Å². The summed E-state index contributed by atoms with van der Waals surface area (Å²) in [5, 5.41) is 17.9. The molecule has 4 aliphatic carbocycles. The SMILES string of the molecule is O=C(OCCC(F)C(F)(F)S(=O)(=O)O)C1CC2CC1C(C1(O)CCCC1)C2C1(O)CCCC1. The van der Waals surface area contributed by atoms with Crippen LogP contribution in [0, 0.1) is 29.6 Å². The van der Waals surface area contributed by atoms with Crippen molar-refractivity contribution in [2.24, 2.45) is 29.6 Å². The van der Waals surface area contributed by atoms with Crippen molar-refractivity contribution in [3.63, 3.8) is 0 Å². The Bertz CT molecular complexity index is 852. The Morgan fingerprint density at radius 1 is 1.00 bits per heavy atom. The van der Waals surface area contributed by atoms with Crippen LogP contribution in [0.2, 0.25) is 0 Å². The molecule has 0 heterocycles. The van der Waals surface area contributed by atoms with Crippen molar-refractivity contribution in [3.05, 3.63) is 0 Å². The molecule has 11 heteroatoms. The minimum Gasteiger partial charge on any atom is -0.465 e. The van der Waals surface area contributed by atoms with E-state index in [4.69, 9.17) is 9.29 Å². The zero-order valence-electron chi connectivity index (χ0n) is 18.5. The third-order valence-corrected chi connectivity index (χ3v) is 9.75. The number of ether oxygens (including phenoxy) is 1. The Labute approximate surface area is 191 Å². The summed E-state index contributed by atoms with van der Waals surface area (Å²) in [6.07, 6.45) is 3.06. The van der Waals surface area contributed by atoms with Gasteiger partial charge in [-0.1, -0.05) is 25.7 Å². The van der Waals surface area contributed by atoms with E-state index in [1.165, 1.54) is 0 Å². The van der Waals surface area contributed by atoms with Crippen molar-refractivity contribution < 1.29 is 45.9 Å². The second-order valence-electron chi connectivity index (χ2n) is 10.6. The molecule has 2 bridgehead atoms. The number of alkyl halides is 3. The molecule has 33 heavy (non-hydrogen) atoms. The molecule has 4 fully saturated rings. The summed E-state index contributed by atoms with van der Waals surface area (Å²) in [7, 11) is -5.92. The smallest absolute Gasteiger partial charge is 0.400 e. The van der Waals surface area contributed by atoms with Crippen molar-refractivity contribution in [1.29, 1.82) is 0 Å². The van der Waals surface area contributed by atoms with Gasteiger partial charge in [0.15, 0.2) is 6.17 Å². The molecule has 0 aromatic carbocycles. The van der Waals surface area contributed by atoms with Crippen LogP contribution in [0.1, 0.15) is 70.6 Å². The van der Waals surface area contributed by atoms with Gasteiger partial charge in [0.05, 0.1) is 23.7 Å². The minimum absolute atomic E-state index is 0.0445. The summed E-state index contributed by atoms with van der Waals surface area (Å²) in [4.78, 5) is 12.8. The number of halogens is 3. The number of carbonyl (C=O) groups is 1. The van der Waals surface area contributed by atoms with Gasteiger partial charge in [-0.3, -0.25) is 9.35 Å². The van der Waals surface area contributed by atoms with Gasteiger partial charge in [-0.05, 0) is 62.2 Å². The van der Waals surface area contributed by atoms with E-state index in [0.717, 1.165) is 25.7 Å². The Balaban J connectivity index is 1.44. The Kier molecular flexibility index (Phi) is 6.59. The summed E-state index contributed by atoms with van der Waals surface area (Å²) in [6, 6.07) is 0. The van der Waals surface area contributed by atoms with Crippen molar-refractivity contribution in [2.45, 2.75) is 93.3 Å². The molecule has 7 nitrogen and oxygen atoms in total. The van der Waals surface area contributed by atoms with E-state index in [9.17, 15) is 36.6 Å². The molecule has 4 aliphatic rings. The van der Waals surface area contributed by atoms with Crippen LogP contribution in [0.3, 0.4) is 0 Å². The summed E-state index contributed by atoms with van der Waals surface area (Å²) < 4.78 is 75.3. The fourth-order valence-corrected chi connectivity index (χ4v) is 7.92. The molecule has 0 saturated heterocycles.